The summed E-state index contributed by atoms with van der Waals surface area (Å²) in [7, 11) is -1.77. The van der Waals surface area contributed by atoms with Gasteiger partial charge < -0.3 is 0 Å². The summed E-state index contributed by atoms with van der Waals surface area (Å²) in [5, 5.41) is 3.89. The predicted octanol–water partition coefficient (Wildman–Crippen LogP) is 0.426. The number of sulfone groups is 1. The number of hydrogen-bond donors (Lipinski definition) is 0. The molecule has 0 aromatic carbocycles. The molecule has 5 nitrogen and oxygen atoms in total. The standard InChI is InChI=1S/C9H14N2O3S/c1-9(2,15(4,13)14)8(12)7-5-6-11(3)10-7/h5-6H,1-4H3. The Labute approximate surface area is 89.0 Å². The van der Waals surface area contributed by atoms with Crippen LogP contribution in [0, 0.1) is 0 Å². The predicted molar refractivity (Wildman–Crippen MR) is 56.5 cm³/mol. The Kier molecular flexibility index (Phi) is 2.73. The highest BCUT2D eigenvalue weighted by Gasteiger charge is 2.39. The largest absolute Gasteiger partial charge is 0.291 e. The van der Waals surface area contributed by atoms with E-state index in [9.17, 15) is 13.2 Å². The van der Waals surface area contributed by atoms with Crippen LogP contribution in [-0.2, 0) is 16.9 Å². The summed E-state index contributed by atoms with van der Waals surface area (Å²) in [6.45, 7) is 2.78. The molecule has 0 unspecified atom stereocenters. The molecule has 0 amide bonds. The molecule has 0 N–H and O–H groups in total. The molecule has 0 aliphatic heterocycles. The Hall–Kier alpha value is -1.17. The van der Waals surface area contributed by atoms with Crippen molar-refractivity contribution in [2.24, 2.45) is 7.05 Å². The fourth-order valence-electron chi connectivity index (χ4n) is 1.01. The van der Waals surface area contributed by atoms with Crippen LogP contribution in [0.25, 0.3) is 0 Å². The molecule has 1 aromatic heterocycles. The van der Waals surface area contributed by atoms with E-state index in [-0.39, 0.29) is 5.69 Å². The van der Waals surface area contributed by atoms with E-state index in [1.54, 1.807) is 13.2 Å². The zero-order chi connectivity index (χ0) is 11.9. The number of ketones is 1. The van der Waals surface area contributed by atoms with E-state index in [0.29, 0.717) is 0 Å². The minimum atomic E-state index is -3.44. The van der Waals surface area contributed by atoms with Gasteiger partial charge in [0, 0.05) is 19.5 Å². The van der Waals surface area contributed by atoms with Crippen LogP contribution in [0.3, 0.4) is 0 Å². The van der Waals surface area contributed by atoms with Crippen molar-refractivity contribution in [2.75, 3.05) is 6.26 Å². The molecule has 0 fully saturated rings. The van der Waals surface area contributed by atoms with Crippen molar-refractivity contribution in [2.45, 2.75) is 18.6 Å². The van der Waals surface area contributed by atoms with E-state index in [0.717, 1.165) is 6.26 Å². The summed E-state index contributed by atoms with van der Waals surface area (Å²) in [5.74, 6) is -0.481. The third-order valence-corrected chi connectivity index (χ3v) is 4.46. The second kappa shape index (κ2) is 3.44. The molecule has 0 saturated heterocycles. The lowest BCUT2D eigenvalue weighted by Crippen LogP contribution is -2.40. The quantitative estimate of drug-likeness (QED) is 0.706. The zero-order valence-corrected chi connectivity index (χ0v) is 10.00. The van der Waals surface area contributed by atoms with Crippen molar-refractivity contribution in [1.82, 2.24) is 9.78 Å². The van der Waals surface area contributed by atoms with Gasteiger partial charge in [-0.25, -0.2) is 8.42 Å². The van der Waals surface area contributed by atoms with E-state index in [4.69, 9.17) is 0 Å². The summed E-state index contributed by atoms with van der Waals surface area (Å²) in [6, 6.07) is 1.51. The highest BCUT2D eigenvalue weighted by atomic mass is 32.2. The molecule has 0 atom stereocenters. The van der Waals surface area contributed by atoms with Gasteiger partial charge in [0.1, 0.15) is 10.4 Å². The monoisotopic (exact) mass is 230 g/mol. The molecule has 6 heteroatoms. The normalized spacial score (nSPS) is 12.8. The molecule has 84 valence electrons. The Morgan fingerprint density at radius 2 is 2.00 bits per heavy atom. The molecule has 0 saturated carbocycles. The number of nitrogens with zero attached hydrogens (tertiary/aromatic N) is 2. The van der Waals surface area contributed by atoms with Crippen LogP contribution in [0.15, 0.2) is 12.3 Å². The lowest BCUT2D eigenvalue weighted by Gasteiger charge is -2.19. The van der Waals surface area contributed by atoms with E-state index >= 15 is 0 Å². The minimum absolute atomic E-state index is 0.174. The molecule has 0 spiro atoms. The molecule has 1 heterocycles. The molecule has 0 aliphatic rings. The topological polar surface area (TPSA) is 69.0 Å². The molecule has 15 heavy (non-hydrogen) atoms. The van der Waals surface area contributed by atoms with Gasteiger partial charge in [0.05, 0.1) is 0 Å². The number of aryl methyl sites for hydroxylation is 1. The van der Waals surface area contributed by atoms with E-state index < -0.39 is 20.4 Å². The maximum absolute atomic E-state index is 11.9. The second-order valence-electron chi connectivity index (χ2n) is 3.99. The van der Waals surface area contributed by atoms with Crippen molar-refractivity contribution in [3.8, 4) is 0 Å². The van der Waals surface area contributed by atoms with Gasteiger partial charge in [-0.3, -0.25) is 9.48 Å². The van der Waals surface area contributed by atoms with Crippen molar-refractivity contribution < 1.29 is 13.2 Å². The Balaban J connectivity index is 3.16. The van der Waals surface area contributed by atoms with Crippen LogP contribution in [0.5, 0.6) is 0 Å². The number of Topliss-reactive ketones (excluding diaryl/α,β-unsaturated/α-hetero) is 1. The van der Waals surface area contributed by atoms with E-state index in [1.165, 1.54) is 24.6 Å². The van der Waals surface area contributed by atoms with Gasteiger partial charge in [-0.15, -0.1) is 0 Å². The Morgan fingerprint density at radius 3 is 2.33 bits per heavy atom. The SMILES string of the molecule is Cn1ccc(C(=O)C(C)(C)S(C)(=O)=O)n1. The lowest BCUT2D eigenvalue weighted by atomic mass is 10.1. The van der Waals surface area contributed by atoms with Crippen LogP contribution in [0.4, 0.5) is 0 Å². The van der Waals surface area contributed by atoms with Crippen LogP contribution in [0.2, 0.25) is 0 Å². The number of rotatable bonds is 3. The maximum Gasteiger partial charge on any atom is 0.203 e. The van der Waals surface area contributed by atoms with Crippen LogP contribution < -0.4 is 0 Å². The minimum Gasteiger partial charge on any atom is -0.291 e. The fourth-order valence-corrected chi connectivity index (χ4v) is 1.45. The summed E-state index contributed by atoms with van der Waals surface area (Å²) in [6.07, 6.45) is 2.65. The third-order valence-electron chi connectivity index (χ3n) is 2.42. The maximum atomic E-state index is 11.9. The smallest absolute Gasteiger partial charge is 0.203 e. The van der Waals surface area contributed by atoms with Crippen molar-refractivity contribution in [3.63, 3.8) is 0 Å². The van der Waals surface area contributed by atoms with Gasteiger partial charge in [-0.1, -0.05) is 0 Å². The van der Waals surface area contributed by atoms with Gasteiger partial charge in [-0.2, -0.15) is 5.10 Å². The average molecular weight is 230 g/mol. The van der Waals surface area contributed by atoms with Crippen LogP contribution in [0.1, 0.15) is 24.3 Å². The van der Waals surface area contributed by atoms with Crippen LogP contribution >= 0.6 is 0 Å². The van der Waals surface area contributed by atoms with Gasteiger partial charge >= 0.3 is 0 Å². The second-order valence-corrected chi connectivity index (χ2v) is 6.55. The Bertz CT molecular complexity index is 485. The molecule has 0 aliphatic carbocycles. The Morgan fingerprint density at radius 1 is 1.47 bits per heavy atom. The van der Waals surface area contributed by atoms with Crippen LogP contribution in [-0.4, -0.2) is 35.0 Å². The molecule has 1 rings (SSSR count). The summed E-state index contributed by atoms with van der Waals surface area (Å²) >= 11 is 0. The highest BCUT2D eigenvalue weighted by Crippen LogP contribution is 2.20. The summed E-state index contributed by atoms with van der Waals surface area (Å²) in [4.78, 5) is 11.9. The number of hydrogen-bond acceptors (Lipinski definition) is 4. The summed E-state index contributed by atoms with van der Waals surface area (Å²) in [5.41, 5.74) is 0.174. The molecular formula is C9H14N2O3S. The third kappa shape index (κ3) is 2.09. The first-order valence-corrected chi connectivity index (χ1v) is 6.29. The van der Waals surface area contributed by atoms with Crippen molar-refractivity contribution in [1.29, 1.82) is 0 Å². The average Bonchev–Trinajstić information content (AvgIpc) is 2.48. The van der Waals surface area contributed by atoms with Gasteiger partial charge in [0.25, 0.3) is 0 Å². The molecule has 1 aromatic rings. The lowest BCUT2D eigenvalue weighted by molar-refractivity contribution is 0.0948. The van der Waals surface area contributed by atoms with Gasteiger partial charge in [0.2, 0.25) is 5.78 Å². The van der Waals surface area contributed by atoms with Crippen molar-refractivity contribution >= 4 is 15.6 Å². The van der Waals surface area contributed by atoms with E-state index in [2.05, 4.69) is 5.10 Å². The number of aromatic nitrogens is 2. The number of carbonyl (C=O) groups excluding carboxylic acids is 1. The molecule has 0 bridgehead atoms. The molecule has 0 radical (unpaired) electrons. The first kappa shape index (κ1) is 11.9. The van der Waals surface area contributed by atoms with Crippen molar-refractivity contribution in [3.05, 3.63) is 18.0 Å². The van der Waals surface area contributed by atoms with Gasteiger partial charge in [-0.05, 0) is 19.9 Å². The van der Waals surface area contributed by atoms with Gasteiger partial charge in [0.15, 0.2) is 9.84 Å². The van der Waals surface area contributed by atoms with E-state index in [1.807, 2.05) is 0 Å². The zero-order valence-electron chi connectivity index (χ0n) is 9.18. The molecular weight excluding hydrogens is 216 g/mol. The number of carbonyl (C=O) groups is 1. The first-order valence-electron chi connectivity index (χ1n) is 4.40. The highest BCUT2D eigenvalue weighted by molar-refractivity contribution is 7.92. The first-order chi connectivity index (χ1) is 6.66. The summed E-state index contributed by atoms with van der Waals surface area (Å²) < 4.78 is 22.9. The fraction of sp³-hybridized carbons (Fsp3) is 0.556.